The Hall–Kier alpha value is -1.20. The van der Waals surface area contributed by atoms with E-state index in [-0.39, 0.29) is 18.1 Å². The number of rotatable bonds is 5. The van der Waals surface area contributed by atoms with Crippen molar-refractivity contribution in [2.75, 3.05) is 45.9 Å². The number of morpholine rings is 1. The minimum Gasteiger partial charge on any atom is -0.379 e. The average Bonchev–Trinajstić information content (AvgIpc) is 2.49. The predicted octanol–water partition coefficient (Wildman–Crippen LogP) is -1.37. The van der Waals surface area contributed by atoms with E-state index in [0.29, 0.717) is 19.4 Å². The third-order valence-electron chi connectivity index (χ3n) is 3.67. The van der Waals surface area contributed by atoms with Crippen LogP contribution in [-0.4, -0.2) is 69.0 Å². The summed E-state index contributed by atoms with van der Waals surface area (Å²) in [6.45, 7) is 5.50. The second-order valence-corrected chi connectivity index (χ2v) is 5.07. The molecule has 0 aromatic heterocycles. The number of nitrogens with one attached hydrogen (secondary N) is 3. The fourth-order valence-electron chi connectivity index (χ4n) is 2.68. The lowest BCUT2D eigenvalue weighted by Gasteiger charge is -2.42. The van der Waals surface area contributed by atoms with E-state index in [0.717, 1.165) is 39.4 Å². The first-order valence-electron chi connectivity index (χ1n) is 7.23. The molecule has 3 N–H and O–H groups in total. The van der Waals surface area contributed by atoms with Crippen molar-refractivity contribution >= 4 is 5.91 Å². The van der Waals surface area contributed by atoms with Gasteiger partial charge in [0.25, 0.3) is 0 Å². The van der Waals surface area contributed by atoms with Crippen molar-refractivity contribution in [3.63, 3.8) is 0 Å². The van der Waals surface area contributed by atoms with Crippen LogP contribution in [0.5, 0.6) is 0 Å². The summed E-state index contributed by atoms with van der Waals surface area (Å²) in [4.78, 5) is 14.2. The number of nitriles is 1. The quantitative estimate of drug-likeness (QED) is 0.539. The van der Waals surface area contributed by atoms with Crippen molar-refractivity contribution < 1.29 is 9.53 Å². The fourth-order valence-corrected chi connectivity index (χ4v) is 2.68. The Labute approximate surface area is 119 Å². The van der Waals surface area contributed by atoms with Gasteiger partial charge in [-0.2, -0.15) is 5.26 Å². The van der Waals surface area contributed by atoms with E-state index in [1.807, 2.05) is 6.07 Å². The molecule has 0 saturated carbocycles. The molecule has 0 aromatic carbocycles. The summed E-state index contributed by atoms with van der Waals surface area (Å²) in [5, 5.41) is 18.2. The second kappa shape index (κ2) is 8.17. The maximum Gasteiger partial charge on any atom is 0.221 e. The van der Waals surface area contributed by atoms with Crippen LogP contribution in [-0.2, 0) is 9.53 Å². The molecule has 112 valence electrons. The molecule has 2 fully saturated rings. The SMILES string of the molecule is N#CCCNC(=O)CC1NCCN[C@H]1N1CCOCC1. The summed E-state index contributed by atoms with van der Waals surface area (Å²) < 4.78 is 5.37. The molecule has 20 heavy (non-hydrogen) atoms. The maximum atomic E-state index is 11.9. The Morgan fingerprint density at radius 3 is 2.85 bits per heavy atom. The Kier molecular flexibility index (Phi) is 6.21. The maximum absolute atomic E-state index is 11.9. The zero-order chi connectivity index (χ0) is 14.2. The molecule has 2 heterocycles. The topological polar surface area (TPSA) is 89.4 Å². The van der Waals surface area contributed by atoms with Gasteiger partial charge in [-0.1, -0.05) is 0 Å². The summed E-state index contributed by atoms with van der Waals surface area (Å²) in [5.41, 5.74) is 0. The molecule has 0 radical (unpaired) electrons. The second-order valence-electron chi connectivity index (χ2n) is 5.07. The number of hydrogen-bond acceptors (Lipinski definition) is 6. The monoisotopic (exact) mass is 281 g/mol. The molecule has 0 aromatic rings. The van der Waals surface area contributed by atoms with Gasteiger partial charge in [-0.05, 0) is 0 Å². The largest absolute Gasteiger partial charge is 0.379 e. The number of hydrogen-bond donors (Lipinski definition) is 3. The van der Waals surface area contributed by atoms with E-state index in [4.69, 9.17) is 10.00 Å². The number of amides is 1. The Morgan fingerprint density at radius 2 is 2.10 bits per heavy atom. The predicted molar refractivity (Wildman–Crippen MR) is 73.8 cm³/mol. The third kappa shape index (κ3) is 4.42. The van der Waals surface area contributed by atoms with Crippen molar-refractivity contribution in [3.8, 4) is 6.07 Å². The first kappa shape index (κ1) is 15.2. The zero-order valence-electron chi connectivity index (χ0n) is 11.7. The highest BCUT2D eigenvalue weighted by molar-refractivity contribution is 5.76. The van der Waals surface area contributed by atoms with Gasteiger partial charge in [0, 0.05) is 45.2 Å². The number of ether oxygens (including phenoxy) is 1. The van der Waals surface area contributed by atoms with Gasteiger partial charge in [0.1, 0.15) is 0 Å². The van der Waals surface area contributed by atoms with Crippen molar-refractivity contribution in [2.45, 2.75) is 25.0 Å². The van der Waals surface area contributed by atoms with Gasteiger partial charge in [0.2, 0.25) is 5.91 Å². The number of nitrogens with zero attached hydrogens (tertiary/aromatic N) is 2. The van der Waals surface area contributed by atoms with Gasteiger partial charge < -0.3 is 15.4 Å². The van der Waals surface area contributed by atoms with Crippen molar-refractivity contribution in [3.05, 3.63) is 0 Å². The van der Waals surface area contributed by atoms with E-state index < -0.39 is 0 Å². The third-order valence-corrected chi connectivity index (χ3v) is 3.67. The summed E-state index contributed by atoms with van der Waals surface area (Å²) in [6, 6.07) is 2.12. The van der Waals surface area contributed by atoms with Gasteiger partial charge >= 0.3 is 0 Å². The van der Waals surface area contributed by atoms with E-state index in [1.165, 1.54) is 0 Å². The standard InChI is InChI=1S/C13H23N5O2/c14-2-1-3-16-12(19)10-11-13(17-5-4-15-11)18-6-8-20-9-7-18/h11,13,15,17H,1,3-10H2,(H,16,19)/t11?,13-/m0/s1. The molecular formula is C13H23N5O2. The van der Waals surface area contributed by atoms with Crippen LogP contribution < -0.4 is 16.0 Å². The molecule has 2 saturated heterocycles. The number of carbonyl (C=O) groups excluding carboxylic acids is 1. The molecule has 0 spiro atoms. The van der Waals surface area contributed by atoms with Crippen molar-refractivity contribution in [2.24, 2.45) is 0 Å². The fraction of sp³-hybridized carbons (Fsp3) is 0.846. The molecule has 0 aliphatic carbocycles. The van der Waals surface area contributed by atoms with Gasteiger partial charge in [-0.25, -0.2) is 0 Å². The smallest absolute Gasteiger partial charge is 0.221 e. The lowest BCUT2D eigenvalue weighted by atomic mass is 10.1. The van der Waals surface area contributed by atoms with Gasteiger partial charge in [0.15, 0.2) is 0 Å². The molecular weight excluding hydrogens is 258 g/mol. The summed E-state index contributed by atoms with van der Waals surface area (Å²) in [5.74, 6) is -0.000269. The summed E-state index contributed by atoms with van der Waals surface area (Å²) >= 11 is 0. The summed E-state index contributed by atoms with van der Waals surface area (Å²) in [7, 11) is 0. The molecule has 7 nitrogen and oxygen atoms in total. The van der Waals surface area contributed by atoms with Crippen LogP contribution in [0, 0.1) is 11.3 Å². The molecule has 0 bridgehead atoms. The molecule has 2 aliphatic heterocycles. The van der Waals surface area contributed by atoms with Crippen molar-refractivity contribution in [1.82, 2.24) is 20.9 Å². The Bertz CT molecular complexity index is 351. The Balaban J connectivity index is 1.83. The van der Waals surface area contributed by atoms with E-state index in [1.54, 1.807) is 0 Å². The van der Waals surface area contributed by atoms with Crippen LogP contribution in [0.1, 0.15) is 12.8 Å². The van der Waals surface area contributed by atoms with Gasteiger partial charge in [0.05, 0.1) is 31.9 Å². The highest BCUT2D eigenvalue weighted by Crippen LogP contribution is 2.11. The van der Waals surface area contributed by atoms with Crippen LogP contribution in [0.2, 0.25) is 0 Å². The van der Waals surface area contributed by atoms with Crippen LogP contribution >= 0.6 is 0 Å². The highest BCUT2D eigenvalue weighted by Gasteiger charge is 2.31. The molecule has 2 aliphatic rings. The van der Waals surface area contributed by atoms with Crippen LogP contribution in [0.25, 0.3) is 0 Å². The minimum absolute atomic E-state index is 0.000269. The normalized spacial score (nSPS) is 27.8. The lowest BCUT2D eigenvalue weighted by Crippen LogP contribution is -2.65. The van der Waals surface area contributed by atoms with E-state index in [9.17, 15) is 4.79 Å². The highest BCUT2D eigenvalue weighted by atomic mass is 16.5. The average molecular weight is 281 g/mol. The number of piperazine rings is 1. The first-order chi connectivity index (χ1) is 9.81. The van der Waals surface area contributed by atoms with E-state index >= 15 is 0 Å². The van der Waals surface area contributed by atoms with Crippen LogP contribution in [0.3, 0.4) is 0 Å². The van der Waals surface area contributed by atoms with Crippen molar-refractivity contribution in [1.29, 1.82) is 5.26 Å². The molecule has 2 rings (SSSR count). The van der Waals surface area contributed by atoms with Gasteiger partial charge in [-0.3, -0.25) is 15.0 Å². The van der Waals surface area contributed by atoms with Gasteiger partial charge in [-0.15, -0.1) is 0 Å². The summed E-state index contributed by atoms with van der Waals surface area (Å²) in [6.07, 6.45) is 0.962. The molecule has 1 amide bonds. The molecule has 1 unspecified atom stereocenters. The molecule has 2 atom stereocenters. The minimum atomic E-state index is -0.000269. The van der Waals surface area contributed by atoms with Crippen LogP contribution in [0.15, 0.2) is 0 Å². The van der Waals surface area contributed by atoms with Crippen LogP contribution in [0.4, 0.5) is 0 Å². The Morgan fingerprint density at radius 1 is 1.35 bits per heavy atom. The van der Waals surface area contributed by atoms with E-state index in [2.05, 4.69) is 20.9 Å². The zero-order valence-corrected chi connectivity index (χ0v) is 11.7. The molecule has 7 heteroatoms. The lowest BCUT2D eigenvalue weighted by molar-refractivity contribution is -0.122. The first-order valence-corrected chi connectivity index (χ1v) is 7.23. The number of carbonyl (C=O) groups is 1.